The van der Waals surface area contributed by atoms with E-state index in [1.54, 1.807) is 52.1 Å². The number of aryl methyl sites for hydroxylation is 2. The topological polar surface area (TPSA) is 177 Å². The Morgan fingerprint density at radius 1 is 1.02 bits per heavy atom. The molecule has 1 aromatic heterocycles. The van der Waals surface area contributed by atoms with Crippen molar-refractivity contribution < 1.29 is 33.8 Å². The maximum absolute atomic E-state index is 14.8. The molecule has 49 heavy (non-hydrogen) atoms. The third-order valence-electron chi connectivity index (χ3n) is 8.05. The van der Waals surface area contributed by atoms with Gasteiger partial charge in [0.15, 0.2) is 0 Å². The number of aromatic nitrogens is 2. The molecule has 12 heteroatoms. The molecule has 258 valence electrons. The summed E-state index contributed by atoms with van der Waals surface area (Å²) in [4.78, 5) is 61.4. The fourth-order valence-electron chi connectivity index (χ4n) is 5.60. The van der Waals surface area contributed by atoms with Crippen molar-refractivity contribution in [3.8, 4) is 17.0 Å². The van der Waals surface area contributed by atoms with Gasteiger partial charge in [0.1, 0.15) is 28.8 Å². The summed E-state index contributed by atoms with van der Waals surface area (Å²) in [6, 6.07) is 15.8. The number of rotatable bonds is 12. The fraction of sp³-hybridized carbons (Fsp3) is 0.324. The number of primary amides is 1. The number of carboxylic acids is 1. The molecule has 0 fully saturated rings. The molecular weight excluding hydrogens is 626 g/mol. The van der Waals surface area contributed by atoms with Gasteiger partial charge < -0.3 is 35.5 Å². The molecule has 1 heterocycles. The number of methoxy groups -OCH3 is 1. The highest BCUT2D eigenvalue weighted by atomic mass is 16.6. The van der Waals surface area contributed by atoms with Crippen molar-refractivity contribution in [2.24, 2.45) is 5.73 Å². The number of carboxylic acid groups (broad SMARTS) is 1. The van der Waals surface area contributed by atoms with Crippen LogP contribution in [0.4, 0.5) is 4.79 Å². The number of carbonyl (C=O) groups excluding carboxylic acids is 3. The van der Waals surface area contributed by atoms with E-state index in [4.69, 9.17) is 15.2 Å². The number of carbonyl (C=O) groups is 4. The van der Waals surface area contributed by atoms with Gasteiger partial charge in [-0.15, -0.1) is 0 Å². The van der Waals surface area contributed by atoms with Crippen molar-refractivity contribution in [2.45, 2.75) is 72.2 Å². The zero-order valence-electron chi connectivity index (χ0n) is 28.8. The largest absolute Gasteiger partial charge is 0.496 e. The van der Waals surface area contributed by atoms with Crippen LogP contribution in [0.2, 0.25) is 0 Å². The number of alkyl carbamates (subject to hydrolysis) is 1. The first-order valence-electron chi connectivity index (χ1n) is 15.8. The SMILES string of the molecule is COc1ccc(CN(C(=O)C(Cc2c(C)cc(C(N)=O)cc2C)NC(=O)OC(C)(C)C)C(C)c2ncc(-c3ccccc3)[nH]2)cc1C(=O)O. The molecule has 0 saturated heterocycles. The molecule has 0 aliphatic rings. The Balaban J connectivity index is 1.80. The molecule has 4 rings (SSSR count). The minimum atomic E-state index is -1.18. The second kappa shape index (κ2) is 15.1. The van der Waals surface area contributed by atoms with Crippen LogP contribution in [0.5, 0.6) is 5.75 Å². The summed E-state index contributed by atoms with van der Waals surface area (Å²) >= 11 is 0. The molecule has 2 unspecified atom stereocenters. The van der Waals surface area contributed by atoms with Gasteiger partial charge in [-0.1, -0.05) is 36.4 Å². The van der Waals surface area contributed by atoms with E-state index in [0.717, 1.165) is 27.9 Å². The molecule has 4 aromatic rings. The van der Waals surface area contributed by atoms with Gasteiger partial charge in [-0.05, 0) is 93.6 Å². The quantitative estimate of drug-likeness (QED) is 0.148. The molecule has 5 N–H and O–H groups in total. The Kier molecular flexibility index (Phi) is 11.1. The number of nitrogens with two attached hydrogens (primary N) is 1. The summed E-state index contributed by atoms with van der Waals surface area (Å²) in [5.41, 5.74) is 9.32. The summed E-state index contributed by atoms with van der Waals surface area (Å²) in [7, 11) is 1.38. The third-order valence-corrected chi connectivity index (χ3v) is 8.05. The average Bonchev–Trinajstić information content (AvgIpc) is 3.54. The van der Waals surface area contributed by atoms with Gasteiger partial charge in [-0.2, -0.15) is 0 Å². The van der Waals surface area contributed by atoms with Crippen LogP contribution < -0.4 is 15.8 Å². The molecule has 0 aliphatic carbocycles. The highest BCUT2D eigenvalue weighted by Crippen LogP contribution is 2.28. The number of imidazole rings is 1. The van der Waals surface area contributed by atoms with Gasteiger partial charge in [0.05, 0.1) is 25.0 Å². The van der Waals surface area contributed by atoms with E-state index in [-0.39, 0.29) is 24.3 Å². The summed E-state index contributed by atoms with van der Waals surface area (Å²) in [6.07, 6.45) is 0.960. The average molecular weight is 670 g/mol. The number of hydrogen-bond donors (Lipinski definition) is 4. The van der Waals surface area contributed by atoms with Crippen LogP contribution in [0.15, 0.2) is 66.9 Å². The highest BCUT2D eigenvalue weighted by molar-refractivity contribution is 5.93. The predicted octanol–water partition coefficient (Wildman–Crippen LogP) is 5.73. The third kappa shape index (κ3) is 9.04. The van der Waals surface area contributed by atoms with E-state index in [0.29, 0.717) is 17.0 Å². The van der Waals surface area contributed by atoms with Crippen molar-refractivity contribution in [2.75, 3.05) is 7.11 Å². The Morgan fingerprint density at radius 3 is 2.24 bits per heavy atom. The van der Waals surface area contributed by atoms with Crippen molar-refractivity contribution >= 4 is 23.9 Å². The van der Waals surface area contributed by atoms with E-state index < -0.39 is 41.6 Å². The summed E-state index contributed by atoms with van der Waals surface area (Å²) in [5, 5.41) is 12.6. The fourth-order valence-corrected chi connectivity index (χ4v) is 5.60. The molecule has 0 radical (unpaired) electrons. The first-order valence-corrected chi connectivity index (χ1v) is 15.8. The lowest BCUT2D eigenvalue weighted by Crippen LogP contribution is -2.51. The van der Waals surface area contributed by atoms with Gasteiger partial charge in [0.2, 0.25) is 11.8 Å². The summed E-state index contributed by atoms with van der Waals surface area (Å²) < 4.78 is 10.8. The Labute approximate surface area is 285 Å². The maximum atomic E-state index is 14.8. The van der Waals surface area contributed by atoms with Gasteiger partial charge in [-0.3, -0.25) is 9.59 Å². The molecule has 12 nitrogen and oxygen atoms in total. The maximum Gasteiger partial charge on any atom is 0.408 e. The number of benzene rings is 3. The lowest BCUT2D eigenvalue weighted by Gasteiger charge is -2.33. The van der Waals surface area contributed by atoms with E-state index in [2.05, 4.69) is 15.3 Å². The van der Waals surface area contributed by atoms with Crippen LogP contribution in [0, 0.1) is 13.8 Å². The lowest BCUT2D eigenvalue weighted by molar-refractivity contribution is -0.136. The predicted molar refractivity (Wildman–Crippen MR) is 184 cm³/mol. The van der Waals surface area contributed by atoms with Crippen LogP contribution in [0.1, 0.15) is 82.5 Å². The summed E-state index contributed by atoms with van der Waals surface area (Å²) in [5.74, 6) is -1.57. The molecule has 0 aliphatic heterocycles. The minimum Gasteiger partial charge on any atom is -0.496 e. The number of hydrogen-bond acceptors (Lipinski definition) is 7. The van der Waals surface area contributed by atoms with Crippen LogP contribution in [-0.4, -0.2) is 62.6 Å². The first kappa shape index (κ1) is 36.2. The van der Waals surface area contributed by atoms with Gasteiger partial charge in [-0.25, -0.2) is 14.6 Å². The minimum absolute atomic E-state index is 0.0310. The summed E-state index contributed by atoms with van der Waals surface area (Å²) in [6.45, 7) is 10.6. The zero-order valence-corrected chi connectivity index (χ0v) is 28.8. The van der Waals surface area contributed by atoms with Crippen LogP contribution >= 0.6 is 0 Å². The van der Waals surface area contributed by atoms with E-state index in [9.17, 15) is 24.3 Å². The molecule has 0 saturated carbocycles. The van der Waals surface area contributed by atoms with E-state index in [1.807, 2.05) is 44.2 Å². The van der Waals surface area contributed by atoms with Crippen molar-refractivity contribution in [1.29, 1.82) is 0 Å². The highest BCUT2D eigenvalue weighted by Gasteiger charge is 2.33. The van der Waals surface area contributed by atoms with Gasteiger partial charge >= 0.3 is 12.1 Å². The van der Waals surface area contributed by atoms with Crippen LogP contribution in [-0.2, 0) is 22.5 Å². The smallest absolute Gasteiger partial charge is 0.408 e. The monoisotopic (exact) mass is 669 g/mol. The molecule has 0 bridgehead atoms. The van der Waals surface area contributed by atoms with Gasteiger partial charge in [0, 0.05) is 18.5 Å². The molecule has 3 aromatic carbocycles. The number of H-pyrrole nitrogens is 1. The number of nitrogens with zero attached hydrogens (tertiary/aromatic N) is 2. The van der Waals surface area contributed by atoms with Gasteiger partial charge in [0.25, 0.3) is 0 Å². The Bertz CT molecular complexity index is 1820. The van der Waals surface area contributed by atoms with Crippen LogP contribution in [0.25, 0.3) is 11.3 Å². The Morgan fingerprint density at radius 2 is 1.67 bits per heavy atom. The molecule has 0 spiro atoms. The van der Waals surface area contributed by atoms with Crippen molar-refractivity contribution in [3.63, 3.8) is 0 Å². The van der Waals surface area contributed by atoms with E-state index in [1.165, 1.54) is 24.1 Å². The normalized spacial score (nSPS) is 12.5. The molecule has 2 atom stereocenters. The zero-order chi connectivity index (χ0) is 36.0. The lowest BCUT2D eigenvalue weighted by atomic mass is 9.93. The van der Waals surface area contributed by atoms with Crippen LogP contribution in [0.3, 0.4) is 0 Å². The van der Waals surface area contributed by atoms with Crippen molar-refractivity contribution in [3.05, 3.63) is 106 Å². The number of aromatic amines is 1. The standard InChI is InChI=1S/C37H43N5O7/c1-21-15-26(32(38)43)16-22(2)27(21)18-29(41-36(47)49-37(4,5)6)34(44)42(20-24-13-14-31(48-7)28(17-24)35(45)46)23(3)33-39-19-30(40-33)25-11-9-8-10-12-25/h8-17,19,23,29H,18,20H2,1-7H3,(H2,38,43)(H,39,40)(H,41,47)(H,45,46). The number of amides is 3. The second-order valence-corrected chi connectivity index (χ2v) is 12.9. The Hall–Kier alpha value is -5.65. The number of aromatic carboxylic acids is 1. The second-order valence-electron chi connectivity index (χ2n) is 12.9. The molecule has 3 amide bonds. The number of ether oxygens (including phenoxy) is 2. The van der Waals surface area contributed by atoms with E-state index >= 15 is 0 Å². The van der Waals surface area contributed by atoms with Crippen molar-refractivity contribution in [1.82, 2.24) is 20.2 Å². The first-order chi connectivity index (χ1) is 23.1. The number of nitrogens with one attached hydrogen (secondary N) is 2. The molecular formula is C37H43N5O7.